The molecule has 2 rings (SSSR count). The van der Waals surface area contributed by atoms with E-state index in [9.17, 15) is 0 Å². The Labute approximate surface area is 114 Å². The molecule has 0 saturated heterocycles. The molecule has 0 saturated carbocycles. The molecular formula is C15H20N4. The van der Waals surface area contributed by atoms with Gasteiger partial charge < -0.3 is 10.6 Å². The zero-order valence-electron chi connectivity index (χ0n) is 11.7. The number of aromatic nitrogens is 2. The van der Waals surface area contributed by atoms with Gasteiger partial charge in [0.15, 0.2) is 0 Å². The molecule has 19 heavy (non-hydrogen) atoms. The van der Waals surface area contributed by atoms with Gasteiger partial charge in [0.25, 0.3) is 0 Å². The topological polar surface area (TPSA) is 55.0 Å². The number of benzene rings is 1. The average Bonchev–Trinajstić information content (AvgIpc) is 2.39. The van der Waals surface area contributed by atoms with E-state index in [-0.39, 0.29) is 0 Å². The highest BCUT2D eigenvalue weighted by Gasteiger charge is 2.08. The Morgan fingerprint density at radius 1 is 1.21 bits per heavy atom. The van der Waals surface area contributed by atoms with E-state index in [2.05, 4.69) is 27.9 Å². The van der Waals surface area contributed by atoms with Crippen LogP contribution in [0.4, 0.5) is 11.5 Å². The maximum absolute atomic E-state index is 5.81. The predicted molar refractivity (Wildman–Crippen MR) is 79.1 cm³/mol. The van der Waals surface area contributed by atoms with Crippen molar-refractivity contribution in [1.82, 2.24) is 9.97 Å². The first-order valence-electron chi connectivity index (χ1n) is 6.49. The molecule has 0 fully saturated rings. The Morgan fingerprint density at radius 2 is 2.00 bits per heavy atom. The van der Waals surface area contributed by atoms with E-state index >= 15 is 0 Å². The van der Waals surface area contributed by atoms with Crippen molar-refractivity contribution in [1.29, 1.82) is 0 Å². The number of aryl methyl sites for hydroxylation is 2. The van der Waals surface area contributed by atoms with E-state index in [4.69, 9.17) is 5.73 Å². The smallest absolute Gasteiger partial charge is 0.147 e. The minimum atomic E-state index is 0.790. The lowest BCUT2D eigenvalue weighted by atomic mass is 10.2. The van der Waals surface area contributed by atoms with E-state index in [0.29, 0.717) is 0 Å². The molecule has 0 aliphatic carbocycles. The van der Waals surface area contributed by atoms with Crippen molar-refractivity contribution in [3.05, 3.63) is 47.4 Å². The minimum Gasteiger partial charge on any atom is -0.399 e. The molecule has 4 heteroatoms. The molecule has 0 amide bonds. The van der Waals surface area contributed by atoms with Crippen LogP contribution in [-0.2, 0) is 6.54 Å². The van der Waals surface area contributed by atoms with Crippen LogP contribution in [0.2, 0.25) is 0 Å². The first-order chi connectivity index (χ1) is 9.10. The summed E-state index contributed by atoms with van der Waals surface area (Å²) < 4.78 is 0. The summed E-state index contributed by atoms with van der Waals surface area (Å²) in [6.45, 7) is 7.74. The SMILES string of the molecule is CCN(Cc1cccc(N)c1)c1cnc(C)c(C)n1. The zero-order valence-corrected chi connectivity index (χ0v) is 11.7. The second-order valence-electron chi connectivity index (χ2n) is 4.66. The highest BCUT2D eigenvalue weighted by molar-refractivity contribution is 5.44. The van der Waals surface area contributed by atoms with E-state index in [1.807, 2.05) is 38.2 Å². The van der Waals surface area contributed by atoms with Crippen LogP contribution in [-0.4, -0.2) is 16.5 Å². The molecule has 100 valence electrons. The second-order valence-corrected chi connectivity index (χ2v) is 4.66. The molecule has 1 aromatic heterocycles. The number of hydrogen-bond acceptors (Lipinski definition) is 4. The third-order valence-electron chi connectivity index (χ3n) is 3.21. The molecule has 0 radical (unpaired) electrons. The van der Waals surface area contributed by atoms with Gasteiger partial charge in [0.1, 0.15) is 5.82 Å². The maximum atomic E-state index is 5.81. The van der Waals surface area contributed by atoms with Gasteiger partial charge in [-0.15, -0.1) is 0 Å². The molecule has 0 unspecified atom stereocenters. The number of rotatable bonds is 4. The van der Waals surface area contributed by atoms with Gasteiger partial charge in [-0.2, -0.15) is 0 Å². The second kappa shape index (κ2) is 5.69. The highest BCUT2D eigenvalue weighted by atomic mass is 15.2. The molecule has 0 bridgehead atoms. The summed E-state index contributed by atoms with van der Waals surface area (Å²) in [5.41, 5.74) is 9.74. The zero-order chi connectivity index (χ0) is 13.8. The van der Waals surface area contributed by atoms with Crippen LogP contribution in [0.15, 0.2) is 30.5 Å². The van der Waals surface area contributed by atoms with E-state index in [1.54, 1.807) is 0 Å². The Morgan fingerprint density at radius 3 is 2.63 bits per heavy atom. The molecule has 0 aliphatic rings. The largest absolute Gasteiger partial charge is 0.399 e. The van der Waals surface area contributed by atoms with Gasteiger partial charge in [-0.25, -0.2) is 4.98 Å². The Bertz CT molecular complexity index is 566. The lowest BCUT2D eigenvalue weighted by Crippen LogP contribution is -2.23. The fraction of sp³-hybridized carbons (Fsp3) is 0.333. The van der Waals surface area contributed by atoms with Crippen molar-refractivity contribution < 1.29 is 0 Å². The fourth-order valence-electron chi connectivity index (χ4n) is 1.95. The molecule has 4 nitrogen and oxygen atoms in total. The molecule has 1 heterocycles. The lowest BCUT2D eigenvalue weighted by Gasteiger charge is -2.22. The Hall–Kier alpha value is -2.10. The number of hydrogen-bond donors (Lipinski definition) is 1. The number of nitrogens with zero attached hydrogens (tertiary/aromatic N) is 3. The third-order valence-corrected chi connectivity index (χ3v) is 3.21. The van der Waals surface area contributed by atoms with Crippen molar-refractivity contribution in [3.8, 4) is 0 Å². The monoisotopic (exact) mass is 256 g/mol. The van der Waals surface area contributed by atoms with Crippen LogP contribution in [0.1, 0.15) is 23.9 Å². The van der Waals surface area contributed by atoms with Crippen LogP contribution in [0, 0.1) is 13.8 Å². The Kier molecular flexibility index (Phi) is 4.00. The standard InChI is InChI=1S/C15H20N4/c1-4-19(10-13-6-5-7-14(16)8-13)15-9-17-11(2)12(3)18-15/h5-9H,4,10,16H2,1-3H3. The first-order valence-corrected chi connectivity index (χ1v) is 6.49. The number of nitrogens with two attached hydrogens (primary N) is 1. The van der Waals surface area contributed by atoms with Crippen molar-refractivity contribution in [2.24, 2.45) is 0 Å². The summed E-state index contributed by atoms with van der Waals surface area (Å²) in [4.78, 5) is 11.2. The van der Waals surface area contributed by atoms with Gasteiger partial charge in [0.2, 0.25) is 0 Å². The normalized spacial score (nSPS) is 10.5. The Balaban J connectivity index is 2.22. The van der Waals surface area contributed by atoms with E-state index in [0.717, 1.165) is 36.0 Å². The molecular weight excluding hydrogens is 236 g/mol. The molecule has 0 spiro atoms. The quantitative estimate of drug-likeness (QED) is 0.855. The third kappa shape index (κ3) is 3.22. The van der Waals surface area contributed by atoms with Gasteiger partial charge in [-0.05, 0) is 38.5 Å². The summed E-state index contributed by atoms with van der Waals surface area (Å²) in [6.07, 6.45) is 1.83. The molecule has 0 atom stereocenters. The molecule has 0 aliphatic heterocycles. The molecule has 2 N–H and O–H groups in total. The van der Waals surface area contributed by atoms with Crippen LogP contribution >= 0.6 is 0 Å². The van der Waals surface area contributed by atoms with Gasteiger partial charge in [0.05, 0.1) is 17.6 Å². The van der Waals surface area contributed by atoms with Crippen LogP contribution in [0.25, 0.3) is 0 Å². The predicted octanol–water partition coefficient (Wildman–Crippen LogP) is 2.70. The van der Waals surface area contributed by atoms with Crippen molar-refractivity contribution in [2.45, 2.75) is 27.3 Å². The van der Waals surface area contributed by atoms with Gasteiger partial charge in [-0.3, -0.25) is 4.98 Å². The molecule has 2 aromatic rings. The first kappa shape index (κ1) is 13.3. The highest BCUT2D eigenvalue weighted by Crippen LogP contribution is 2.16. The van der Waals surface area contributed by atoms with Gasteiger partial charge in [0, 0.05) is 18.8 Å². The lowest BCUT2D eigenvalue weighted by molar-refractivity contribution is 0.802. The van der Waals surface area contributed by atoms with Crippen molar-refractivity contribution in [2.75, 3.05) is 17.2 Å². The number of anilines is 2. The summed E-state index contributed by atoms with van der Waals surface area (Å²) in [5, 5.41) is 0. The van der Waals surface area contributed by atoms with Crippen LogP contribution in [0.3, 0.4) is 0 Å². The van der Waals surface area contributed by atoms with Crippen LogP contribution < -0.4 is 10.6 Å². The fourth-order valence-corrected chi connectivity index (χ4v) is 1.95. The van der Waals surface area contributed by atoms with Crippen molar-refractivity contribution >= 4 is 11.5 Å². The molecule has 1 aromatic carbocycles. The minimum absolute atomic E-state index is 0.790. The number of nitrogen functional groups attached to an aromatic ring is 1. The van der Waals surface area contributed by atoms with Crippen molar-refractivity contribution in [3.63, 3.8) is 0 Å². The van der Waals surface area contributed by atoms with Gasteiger partial charge in [-0.1, -0.05) is 12.1 Å². The summed E-state index contributed by atoms with van der Waals surface area (Å²) in [5.74, 6) is 0.910. The summed E-state index contributed by atoms with van der Waals surface area (Å²) >= 11 is 0. The average molecular weight is 256 g/mol. The van der Waals surface area contributed by atoms with Crippen LogP contribution in [0.5, 0.6) is 0 Å². The van der Waals surface area contributed by atoms with Gasteiger partial charge >= 0.3 is 0 Å². The van der Waals surface area contributed by atoms with E-state index < -0.39 is 0 Å². The maximum Gasteiger partial charge on any atom is 0.147 e. The summed E-state index contributed by atoms with van der Waals surface area (Å²) in [7, 11) is 0. The summed E-state index contributed by atoms with van der Waals surface area (Å²) in [6, 6.07) is 7.95. The van der Waals surface area contributed by atoms with E-state index in [1.165, 1.54) is 5.56 Å².